The van der Waals surface area contributed by atoms with Crippen LogP contribution in [0.2, 0.25) is 0 Å². The van der Waals surface area contributed by atoms with Crippen LogP contribution in [0.15, 0.2) is 18.2 Å². The Hall–Kier alpha value is -1.75. The van der Waals surface area contributed by atoms with Crippen molar-refractivity contribution in [3.05, 3.63) is 23.8 Å². The SMILES string of the molecule is Nc1ccc(C(=O)O)cc1N1CCCOCC1. The van der Waals surface area contributed by atoms with Gasteiger partial charge in [-0.3, -0.25) is 0 Å². The molecule has 1 saturated heterocycles. The zero-order valence-corrected chi connectivity index (χ0v) is 9.56. The summed E-state index contributed by atoms with van der Waals surface area (Å²) < 4.78 is 5.36. The number of carbonyl (C=O) groups is 1. The smallest absolute Gasteiger partial charge is 0.335 e. The van der Waals surface area contributed by atoms with Gasteiger partial charge in [0.15, 0.2) is 0 Å². The van der Waals surface area contributed by atoms with Gasteiger partial charge in [-0.1, -0.05) is 0 Å². The van der Waals surface area contributed by atoms with Crippen molar-refractivity contribution in [2.45, 2.75) is 6.42 Å². The van der Waals surface area contributed by atoms with Gasteiger partial charge in [0.2, 0.25) is 0 Å². The average Bonchev–Trinajstić information content (AvgIpc) is 2.58. The minimum Gasteiger partial charge on any atom is -0.478 e. The summed E-state index contributed by atoms with van der Waals surface area (Å²) in [5.74, 6) is -0.933. The Kier molecular flexibility index (Phi) is 3.49. The largest absolute Gasteiger partial charge is 0.478 e. The Morgan fingerprint density at radius 1 is 1.35 bits per heavy atom. The number of aromatic carboxylic acids is 1. The second-order valence-corrected chi connectivity index (χ2v) is 4.03. The molecule has 0 atom stereocenters. The lowest BCUT2D eigenvalue weighted by molar-refractivity contribution is 0.0697. The first-order valence-corrected chi connectivity index (χ1v) is 5.64. The van der Waals surface area contributed by atoms with Crippen LogP contribution in [0.1, 0.15) is 16.8 Å². The molecule has 0 radical (unpaired) electrons. The third kappa shape index (κ3) is 2.68. The van der Waals surface area contributed by atoms with E-state index in [1.807, 2.05) is 0 Å². The molecule has 0 amide bonds. The standard InChI is InChI=1S/C12H16N2O3/c13-10-3-2-9(12(15)16)8-11(10)14-4-1-6-17-7-5-14/h2-3,8H,1,4-7,13H2,(H,15,16). The second kappa shape index (κ2) is 5.05. The zero-order chi connectivity index (χ0) is 12.3. The van der Waals surface area contributed by atoms with Gasteiger partial charge in [-0.2, -0.15) is 0 Å². The molecule has 1 heterocycles. The molecule has 5 heteroatoms. The monoisotopic (exact) mass is 236 g/mol. The number of hydrogen-bond acceptors (Lipinski definition) is 4. The van der Waals surface area contributed by atoms with E-state index < -0.39 is 5.97 Å². The van der Waals surface area contributed by atoms with Crippen LogP contribution in [0.4, 0.5) is 11.4 Å². The van der Waals surface area contributed by atoms with Crippen molar-refractivity contribution in [3.63, 3.8) is 0 Å². The van der Waals surface area contributed by atoms with Crippen molar-refractivity contribution < 1.29 is 14.6 Å². The average molecular weight is 236 g/mol. The van der Waals surface area contributed by atoms with Crippen LogP contribution in [-0.4, -0.2) is 37.4 Å². The first-order chi connectivity index (χ1) is 8.18. The van der Waals surface area contributed by atoms with Crippen molar-refractivity contribution >= 4 is 17.3 Å². The maximum absolute atomic E-state index is 10.9. The van der Waals surface area contributed by atoms with E-state index in [2.05, 4.69) is 4.90 Å². The Bertz CT molecular complexity index is 412. The number of hydrogen-bond donors (Lipinski definition) is 2. The highest BCUT2D eigenvalue weighted by molar-refractivity contribution is 5.90. The van der Waals surface area contributed by atoms with Crippen molar-refractivity contribution in [2.24, 2.45) is 0 Å². The molecular formula is C12H16N2O3. The summed E-state index contributed by atoms with van der Waals surface area (Å²) >= 11 is 0. The second-order valence-electron chi connectivity index (χ2n) is 4.03. The van der Waals surface area contributed by atoms with Crippen molar-refractivity contribution in [1.29, 1.82) is 0 Å². The molecule has 1 aliphatic heterocycles. The Balaban J connectivity index is 2.28. The fourth-order valence-corrected chi connectivity index (χ4v) is 1.94. The van der Waals surface area contributed by atoms with E-state index in [1.54, 1.807) is 12.1 Å². The van der Waals surface area contributed by atoms with Gasteiger partial charge in [-0.15, -0.1) is 0 Å². The van der Waals surface area contributed by atoms with Crippen LogP contribution in [0.3, 0.4) is 0 Å². The van der Waals surface area contributed by atoms with Crippen LogP contribution in [0.5, 0.6) is 0 Å². The lowest BCUT2D eigenvalue weighted by atomic mass is 10.1. The van der Waals surface area contributed by atoms with Gasteiger partial charge in [0.25, 0.3) is 0 Å². The zero-order valence-electron chi connectivity index (χ0n) is 9.56. The molecule has 0 aliphatic carbocycles. The van der Waals surface area contributed by atoms with Gasteiger partial charge in [0.05, 0.1) is 23.5 Å². The lowest BCUT2D eigenvalue weighted by Gasteiger charge is -2.23. The Morgan fingerprint density at radius 2 is 2.18 bits per heavy atom. The predicted molar refractivity (Wildman–Crippen MR) is 65.5 cm³/mol. The highest BCUT2D eigenvalue weighted by atomic mass is 16.5. The van der Waals surface area contributed by atoms with Gasteiger partial charge in [-0.25, -0.2) is 4.79 Å². The van der Waals surface area contributed by atoms with E-state index in [0.29, 0.717) is 12.3 Å². The third-order valence-electron chi connectivity index (χ3n) is 2.84. The number of nitrogen functional groups attached to an aromatic ring is 1. The van der Waals surface area contributed by atoms with Gasteiger partial charge in [0.1, 0.15) is 0 Å². The van der Waals surface area contributed by atoms with Gasteiger partial charge >= 0.3 is 5.97 Å². The molecule has 0 aromatic heterocycles. The fraction of sp³-hybridized carbons (Fsp3) is 0.417. The van der Waals surface area contributed by atoms with Crippen LogP contribution in [-0.2, 0) is 4.74 Å². The molecule has 0 spiro atoms. The van der Waals surface area contributed by atoms with E-state index in [9.17, 15) is 4.79 Å². The molecule has 3 N–H and O–H groups in total. The summed E-state index contributed by atoms with van der Waals surface area (Å²) in [7, 11) is 0. The third-order valence-corrected chi connectivity index (χ3v) is 2.84. The highest BCUT2D eigenvalue weighted by Gasteiger charge is 2.14. The summed E-state index contributed by atoms with van der Waals surface area (Å²) in [6.45, 7) is 2.98. The number of nitrogens with zero attached hydrogens (tertiary/aromatic N) is 1. The Labute approximate surface area is 99.8 Å². The number of carboxylic acid groups (broad SMARTS) is 1. The fourth-order valence-electron chi connectivity index (χ4n) is 1.94. The molecule has 17 heavy (non-hydrogen) atoms. The molecule has 5 nitrogen and oxygen atoms in total. The van der Waals surface area contributed by atoms with E-state index in [0.717, 1.165) is 31.8 Å². The number of benzene rings is 1. The number of ether oxygens (including phenoxy) is 1. The van der Waals surface area contributed by atoms with Crippen molar-refractivity contribution in [3.8, 4) is 0 Å². The van der Waals surface area contributed by atoms with Crippen LogP contribution in [0.25, 0.3) is 0 Å². The summed E-state index contributed by atoms with van der Waals surface area (Å²) in [5.41, 5.74) is 7.55. The normalized spacial score (nSPS) is 16.6. The predicted octanol–water partition coefficient (Wildman–Crippen LogP) is 1.19. The molecule has 0 bridgehead atoms. The summed E-state index contributed by atoms with van der Waals surface area (Å²) in [6, 6.07) is 4.79. The first-order valence-electron chi connectivity index (χ1n) is 5.64. The number of nitrogens with two attached hydrogens (primary N) is 1. The highest BCUT2D eigenvalue weighted by Crippen LogP contribution is 2.25. The minimum atomic E-state index is -0.933. The molecule has 0 unspecified atom stereocenters. The van der Waals surface area contributed by atoms with Crippen LogP contribution < -0.4 is 10.6 Å². The molecule has 0 saturated carbocycles. The first kappa shape index (κ1) is 11.7. The number of anilines is 2. The molecule has 1 aromatic rings. The van der Waals surface area contributed by atoms with Crippen molar-refractivity contribution in [1.82, 2.24) is 0 Å². The van der Waals surface area contributed by atoms with Crippen LogP contribution >= 0.6 is 0 Å². The quantitative estimate of drug-likeness (QED) is 0.754. The molecule has 1 aromatic carbocycles. The molecular weight excluding hydrogens is 220 g/mol. The topological polar surface area (TPSA) is 75.8 Å². The summed E-state index contributed by atoms with van der Waals surface area (Å²) in [6.07, 6.45) is 0.927. The molecule has 92 valence electrons. The van der Waals surface area contributed by atoms with E-state index in [4.69, 9.17) is 15.6 Å². The van der Waals surface area contributed by atoms with Crippen molar-refractivity contribution in [2.75, 3.05) is 36.9 Å². The van der Waals surface area contributed by atoms with Gasteiger partial charge in [0, 0.05) is 19.7 Å². The maximum atomic E-state index is 10.9. The Morgan fingerprint density at radius 3 is 2.94 bits per heavy atom. The molecule has 1 aliphatic rings. The number of rotatable bonds is 2. The maximum Gasteiger partial charge on any atom is 0.335 e. The summed E-state index contributed by atoms with van der Waals surface area (Å²) in [4.78, 5) is 13.0. The van der Waals surface area contributed by atoms with E-state index >= 15 is 0 Å². The lowest BCUT2D eigenvalue weighted by Crippen LogP contribution is -2.27. The van der Waals surface area contributed by atoms with Crippen LogP contribution in [0, 0.1) is 0 Å². The van der Waals surface area contributed by atoms with Gasteiger partial charge in [-0.05, 0) is 24.6 Å². The van der Waals surface area contributed by atoms with Gasteiger partial charge < -0.3 is 20.5 Å². The molecule has 1 fully saturated rings. The van der Waals surface area contributed by atoms with E-state index in [1.165, 1.54) is 6.07 Å². The summed E-state index contributed by atoms with van der Waals surface area (Å²) in [5, 5.41) is 8.97. The van der Waals surface area contributed by atoms with E-state index in [-0.39, 0.29) is 5.56 Å². The minimum absolute atomic E-state index is 0.263. The number of carboxylic acids is 1. The molecule has 2 rings (SSSR count).